The summed E-state index contributed by atoms with van der Waals surface area (Å²) < 4.78 is 34.7. The molecule has 3 nitrogen and oxygen atoms in total. The molecular weight excluding hydrogens is 276 g/mol. The van der Waals surface area contributed by atoms with E-state index in [0.717, 1.165) is 31.5 Å². The third-order valence-electron chi connectivity index (χ3n) is 4.40. The van der Waals surface area contributed by atoms with E-state index < -0.39 is 6.61 Å². The molecule has 1 atom stereocenters. The highest BCUT2D eigenvalue weighted by Crippen LogP contribution is 2.31. The summed E-state index contributed by atoms with van der Waals surface area (Å²) in [5, 5.41) is 3.46. The van der Waals surface area contributed by atoms with Crippen LogP contribution in [0.5, 0.6) is 5.75 Å². The van der Waals surface area contributed by atoms with Crippen LogP contribution in [-0.4, -0.2) is 26.3 Å². The van der Waals surface area contributed by atoms with Crippen molar-refractivity contribution in [2.75, 3.05) is 19.7 Å². The highest BCUT2D eigenvalue weighted by Gasteiger charge is 2.31. The van der Waals surface area contributed by atoms with E-state index in [-0.39, 0.29) is 17.3 Å². The lowest BCUT2D eigenvalue weighted by atomic mass is 9.83. The number of nitrogens with one attached hydrogen (secondary N) is 1. The molecule has 1 aliphatic rings. The summed E-state index contributed by atoms with van der Waals surface area (Å²) in [4.78, 5) is 0. The number of benzene rings is 1. The average Bonchev–Trinajstić information content (AvgIpc) is 2.70. The Balaban J connectivity index is 2.02. The molecule has 1 heterocycles. The molecule has 0 radical (unpaired) electrons. The van der Waals surface area contributed by atoms with Gasteiger partial charge in [0.15, 0.2) is 0 Å². The topological polar surface area (TPSA) is 30.5 Å². The Kier molecular flexibility index (Phi) is 5.53. The van der Waals surface area contributed by atoms with Crippen LogP contribution in [0.4, 0.5) is 8.78 Å². The maximum Gasteiger partial charge on any atom is 0.387 e. The van der Waals surface area contributed by atoms with Crippen molar-refractivity contribution in [2.45, 2.75) is 39.4 Å². The minimum absolute atomic E-state index is 0.0504. The third kappa shape index (κ3) is 4.14. The van der Waals surface area contributed by atoms with Gasteiger partial charge in [-0.1, -0.05) is 26.0 Å². The molecular formula is C16H23F2NO2. The summed E-state index contributed by atoms with van der Waals surface area (Å²) in [7, 11) is 0. The fourth-order valence-electron chi connectivity index (χ4n) is 2.64. The molecule has 1 saturated heterocycles. The molecule has 1 unspecified atom stereocenters. The smallest absolute Gasteiger partial charge is 0.387 e. The second kappa shape index (κ2) is 7.18. The fourth-order valence-corrected chi connectivity index (χ4v) is 2.64. The predicted molar refractivity (Wildman–Crippen MR) is 77.7 cm³/mol. The molecule has 1 aromatic rings. The second-order valence-corrected chi connectivity index (χ2v) is 5.59. The molecule has 0 bridgehead atoms. The molecule has 1 aromatic carbocycles. The summed E-state index contributed by atoms with van der Waals surface area (Å²) in [5.41, 5.74) is 1.17. The van der Waals surface area contributed by atoms with Gasteiger partial charge in [-0.25, -0.2) is 0 Å². The van der Waals surface area contributed by atoms with Crippen molar-refractivity contribution in [1.82, 2.24) is 5.32 Å². The molecule has 0 amide bonds. The van der Waals surface area contributed by atoms with Crippen molar-refractivity contribution in [2.24, 2.45) is 5.41 Å². The van der Waals surface area contributed by atoms with Crippen molar-refractivity contribution >= 4 is 0 Å². The van der Waals surface area contributed by atoms with Crippen molar-refractivity contribution in [3.05, 3.63) is 29.8 Å². The zero-order chi connectivity index (χ0) is 15.3. The van der Waals surface area contributed by atoms with Crippen molar-refractivity contribution < 1.29 is 18.3 Å². The second-order valence-electron chi connectivity index (χ2n) is 5.59. The first-order chi connectivity index (χ1) is 10.1. The number of alkyl halides is 2. The zero-order valence-corrected chi connectivity index (χ0v) is 12.6. The SMILES string of the molecule is CCC1(CC)CNCC(c2ccc(OC(F)F)cc2)OC1. The number of halogens is 2. The standard InChI is InChI=1S/C16H23F2NO2/c1-3-16(4-2)10-19-9-14(20-11-16)12-5-7-13(8-6-12)21-15(17)18/h5-8,14-15,19H,3-4,9-11H2,1-2H3. The van der Waals surface area contributed by atoms with Crippen LogP contribution in [0.1, 0.15) is 38.4 Å². The van der Waals surface area contributed by atoms with Crippen LogP contribution in [-0.2, 0) is 4.74 Å². The van der Waals surface area contributed by atoms with E-state index in [2.05, 4.69) is 23.9 Å². The lowest BCUT2D eigenvalue weighted by Crippen LogP contribution is -2.34. The number of hydrogen-bond acceptors (Lipinski definition) is 3. The predicted octanol–water partition coefficient (Wildman–Crippen LogP) is 3.76. The van der Waals surface area contributed by atoms with E-state index in [1.165, 1.54) is 0 Å². The van der Waals surface area contributed by atoms with E-state index in [9.17, 15) is 8.78 Å². The molecule has 0 saturated carbocycles. The van der Waals surface area contributed by atoms with Crippen molar-refractivity contribution in [3.63, 3.8) is 0 Å². The summed E-state index contributed by atoms with van der Waals surface area (Å²) in [6.07, 6.45) is 2.10. The lowest BCUT2D eigenvalue weighted by Gasteiger charge is -2.29. The first-order valence-electron chi connectivity index (χ1n) is 7.45. The molecule has 1 aliphatic heterocycles. The van der Waals surface area contributed by atoms with Crippen LogP contribution in [0.2, 0.25) is 0 Å². The van der Waals surface area contributed by atoms with Gasteiger partial charge in [-0.2, -0.15) is 8.78 Å². The van der Waals surface area contributed by atoms with Gasteiger partial charge in [0, 0.05) is 18.5 Å². The van der Waals surface area contributed by atoms with E-state index >= 15 is 0 Å². The normalized spacial score (nSPS) is 22.0. The lowest BCUT2D eigenvalue weighted by molar-refractivity contribution is -0.0499. The first kappa shape index (κ1) is 16.2. The number of hydrogen-bond donors (Lipinski definition) is 1. The largest absolute Gasteiger partial charge is 0.435 e. The summed E-state index contributed by atoms with van der Waals surface area (Å²) in [6, 6.07) is 6.69. The Hall–Kier alpha value is -1.20. The van der Waals surface area contributed by atoms with Crippen LogP contribution >= 0.6 is 0 Å². The van der Waals surface area contributed by atoms with E-state index in [4.69, 9.17) is 4.74 Å². The quantitative estimate of drug-likeness (QED) is 0.898. The molecule has 1 N–H and O–H groups in total. The van der Waals surface area contributed by atoms with Gasteiger partial charge in [-0.05, 0) is 30.5 Å². The van der Waals surface area contributed by atoms with E-state index in [0.29, 0.717) is 6.61 Å². The van der Waals surface area contributed by atoms with Crippen molar-refractivity contribution in [1.29, 1.82) is 0 Å². The average molecular weight is 299 g/mol. The van der Waals surface area contributed by atoms with Crippen molar-refractivity contribution in [3.8, 4) is 5.75 Å². The molecule has 0 aliphatic carbocycles. The zero-order valence-electron chi connectivity index (χ0n) is 12.6. The summed E-state index contributed by atoms with van der Waals surface area (Å²) >= 11 is 0. The van der Waals surface area contributed by atoms with Crippen LogP contribution in [0.25, 0.3) is 0 Å². The molecule has 2 rings (SSSR count). The van der Waals surface area contributed by atoms with Gasteiger partial charge in [0.2, 0.25) is 0 Å². The first-order valence-corrected chi connectivity index (χ1v) is 7.45. The fraction of sp³-hybridized carbons (Fsp3) is 0.625. The highest BCUT2D eigenvalue weighted by atomic mass is 19.3. The Morgan fingerprint density at radius 1 is 1.29 bits per heavy atom. The Morgan fingerprint density at radius 3 is 2.52 bits per heavy atom. The van der Waals surface area contributed by atoms with Gasteiger partial charge in [0.1, 0.15) is 5.75 Å². The van der Waals surface area contributed by atoms with E-state index in [1.807, 2.05) is 0 Å². The van der Waals surface area contributed by atoms with Crippen LogP contribution < -0.4 is 10.1 Å². The van der Waals surface area contributed by atoms with Gasteiger partial charge in [-0.3, -0.25) is 0 Å². The van der Waals surface area contributed by atoms with Gasteiger partial charge in [0.05, 0.1) is 12.7 Å². The van der Waals surface area contributed by atoms with Gasteiger partial charge in [-0.15, -0.1) is 0 Å². The van der Waals surface area contributed by atoms with Crippen LogP contribution in [0, 0.1) is 5.41 Å². The molecule has 1 fully saturated rings. The maximum absolute atomic E-state index is 12.1. The number of rotatable bonds is 5. The Labute approximate surface area is 124 Å². The van der Waals surface area contributed by atoms with Gasteiger partial charge < -0.3 is 14.8 Å². The van der Waals surface area contributed by atoms with Crippen LogP contribution in [0.15, 0.2) is 24.3 Å². The highest BCUT2D eigenvalue weighted by molar-refractivity contribution is 5.29. The molecule has 21 heavy (non-hydrogen) atoms. The van der Waals surface area contributed by atoms with E-state index in [1.54, 1.807) is 24.3 Å². The van der Waals surface area contributed by atoms with Gasteiger partial charge in [0.25, 0.3) is 0 Å². The summed E-state index contributed by atoms with van der Waals surface area (Å²) in [5.74, 6) is 0.173. The minimum atomic E-state index is -2.79. The monoisotopic (exact) mass is 299 g/mol. The number of ether oxygens (including phenoxy) is 2. The summed E-state index contributed by atoms with van der Waals surface area (Å²) in [6.45, 7) is 3.98. The van der Waals surface area contributed by atoms with Crippen LogP contribution in [0.3, 0.4) is 0 Å². The molecule has 0 aromatic heterocycles. The van der Waals surface area contributed by atoms with Gasteiger partial charge >= 0.3 is 6.61 Å². The third-order valence-corrected chi connectivity index (χ3v) is 4.40. The molecule has 0 spiro atoms. The Morgan fingerprint density at radius 2 is 1.95 bits per heavy atom. The minimum Gasteiger partial charge on any atom is -0.435 e. The molecule has 5 heteroatoms. The maximum atomic E-state index is 12.1. The molecule has 118 valence electrons. The Bertz CT molecular complexity index is 432.